The van der Waals surface area contributed by atoms with Gasteiger partial charge >= 0.3 is 0 Å². The molecule has 0 spiro atoms. The Morgan fingerprint density at radius 1 is 1.00 bits per heavy atom. The molecule has 6 nitrogen and oxygen atoms in total. The van der Waals surface area contributed by atoms with Crippen LogP contribution < -0.4 is 5.32 Å². The molecule has 4 fully saturated rings. The fraction of sp³-hybridized carbons (Fsp3) is 0.952. The zero-order valence-electron chi connectivity index (χ0n) is 17.3. The van der Waals surface area contributed by atoms with Crippen molar-refractivity contribution in [1.29, 1.82) is 0 Å². The summed E-state index contributed by atoms with van der Waals surface area (Å²) in [6.07, 6.45) is 10.4. The molecule has 0 aromatic carbocycles. The fourth-order valence-electron chi connectivity index (χ4n) is 5.64. The molecule has 4 aliphatic heterocycles. The first kappa shape index (κ1) is 19.5. The average Bonchev–Trinajstić information content (AvgIpc) is 3.43. The van der Waals surface area contributed by atoms with Gasteiger partial charge in [0.05, 0.1) is 0 Å². The van der Waals surface area contributed by atoms with E-state index in [0.29, 0.717) is 0 Å². The molecule has 4 aliphatic rings. The summed E-state index contributed by atoms with van der Waals surface area (Å²) in [5.41, 5.74) is 0.261. The van der Waals surface area contributed by atoms with Crippen LogP contribution in [0, 0.1) is 0 Å². The number of rotatable bonds is 4. The smallest absolute Gasteiger partial charge is 0.193 e. The minimum atomic E-state index is 0.261. The van der Waals surface area contributed by atoms with Crippen LogP contribution in [0.3, 0.4) is 0 Å². The van der Waals surface area contributed by atoms with E-state index < -0.39 is 0 Å². The number of hydrogen-bond donors (Lipinski definition) is 1. The number of nitrogens with zero attached hydrogens (tertiary/aromatic N) is 4. The molecule has 0 aromatic rings. The van der Waals surface area contributed by atoms with Crippen LogP contribution in [0.15, 0.2) is 4.99 Å². The second-order valence-corrected chi connectivity index (χ2v) is 8.92. The van der Waals surface area contributed by atoms with Crippen LogP contribution in [-0.4, -0.2) is 98.3 Å². The Morgan fingerprint density at radius 2 is 1.70 bits per heavy atom. The number of nitrogens with one attached hydrogen (secondary N) is 1. The summed E-state index contributed by atoms with van der Waals surface area (Å²) in [6, 6.07) is 0.722. The third-order valence-corrected chi connectivity index (χ3v) is 7.36. The summed E-state index contributed by atoms with van der Waals surface area (Å²) in [4.78, 5) is 12.6. The molecular formula is C21H39N5O. The van der Waals surface area contributed by atoms with Crippen LogP contribution in [0.2, 0.25) is 0 Å². The predicted octanol–water partition coefficient (Wildman–Crippen LogP) is 1.77. The number of hydrogen-bond acceptors (Lipinski definition) is 4. The number of guanidine groups is 1. The zero-order chi connectivity index (χ0) is 18.5. The Bertz CT molecular complexity index is 493. The van der Waals surface area contributed by atoms with Crippen LogP contribution in [0.25, 0.3) is 0 Å². The van der Waals surface area contributed by atoms with Gasteiger partial charge in [-0.2, -0.15) is 0 Å². The highest BCUT2D eigenvalue weighted by molar-refractivity contribution is 5.80. The minimum absolute atomic E-state index is 0.261. The van der Waals surface area contributed by atoms with Gasteiger partial charge in [0.25, 0.3) is 0 Å². The molecule has 4 rings (SSSR count). The number of aliphatic imine (C=N–C) groups is 1. The molecule has 4 saturated heterocycles. The maximum absolute atomic E-state index is 5.70. The third kappa shape index (κ3) is 4.43. The molecule has 1 unspecified atom stereocenters. The highest BCUT2D eigenvalue weighted by Crippen LogP contribution is 2.31. The van der Waals surface area contributed by atoms with Gasteiger partial charge in [0.2, 0.25) is 0 Å². The standard InChI is InChI=1S/C21H39N5O/c1-22-20(25-14-7-19(17-25)24-10-3-2-4-11-24)23-18-21(8-15-27-16-9-21)26-12-5-6-13-26/h19H,2-18H2,1H3,(H,22,23). The molecule has 0 saturated carbocycles. The van der Waals surface area contributed by atoms with Gasteiger partial charge in [-0.15, -0.1) is 0 Å². The lowest BCUT2D eigenvalue weighted by molar-refractivity contribution is -0.0166. The molecule has 4 heterocycles. The molecule has 0 bridgehead atoms. The van der Waals surface area contributed by atoms with Gasteiger partial charge in [-0.05, 0) is 71.1 Å². The Morgan fingerprint density at radius 3 is 2.41 bits per heavy atom. The van der Waals surface area contributed by atoms with E-state index in [9.17, 15) is 0 Å². The third-order valence-electron chi connectivity index (χ3n) is 7.36. The van der Waals surface area contributed by atoms with Crippen molar-refractivity contribution in [2.45, 2.75) is 62.9 Å². The van der Waals surface area contributed by atoms with Gasteiger partial charge in [-0.1, -0.05) is 6.42 Å². The molecule has 0 aliphatic carbocycles. The van der Waals surface area contributed by atoms with Gasteiger partial charge in [-0.3, -0.25) is 14.8 Å². The second kappa shape index (κ2) is 9.10. The van der Waals surface area contributed by atoms with E-state index in [0.717, 1.165) is 57.7 Å². The molecule has 0 amide bonds. The van der Waals surface area contributed by atoms with Crippen molar-refractivity contribution in [3.8, 4) is 0 Å². The van der Waals surface area contributed by atoms with E-state index in [4.69, 9.17) is 4.74 Å². The maximum Gasteiger partial charge on any atom is 0.193 e. The normalized spacial score (nSPS) is 30.8. The van der Waals surface area contributed by atoms with Gasteiger partial charge in [0, 0.05) is 51.5 Å². The zero-order valence-corrected chi connectivity index (χ0v) is 17.3. The van der Waals surface area contributed by atoms with E-state index in [1.807, 2.05) is 7.05 Å². The first-order chi connectivity index (χ1) is 13.3. The van der Waals surface area contributed by atoms with Crippen molar-refractivity contribution in [2.24, 2.45) is 4.99 Å². The van der Waals surface area contributed by atoms with Crippen LogP contribution in [0.5, 0.6) is 0 Å². The summed E-state index contributed by atoms with van der Waals surface area (Å²) >= 11 is 0. The Kier molecular flexibility index (Phi) is 6.56. The van der Waals surface area contributed by atoms with Crippen molar-refractivity contribution >= 4 is 5.96 Å². The van der Waals surface area contributed by atoms with E-state index in [2.05, 4.69) is 25.0 Å². The molecule has 0 aromatic heterocycles. The van der Waals surface area contributed by atoms with Crippen LogP contribution >= 0.6 is 0 Å². The van der Waals surface area contributed by atoms with Gasteiger partial charge in [0.1, 0.15) is 0 Å². The highest BCUT2D eigenvalue weighted by Gasteiger charge is 2.40. The lowest BCUT2D eigenvalue weighted by atomic mass is 9.88. The largest absolute Gasteiger partial charge is 0.381 e. The van der Waals surface area contributed by atoms with Crippen LogP contribution in [0.4, 0.5) is 0 Å². The molecule has 27 heavy (non-hydrogen) atoms. The van der Waals surface area contributed by atoms with Crippen molar-refractivity contribution in [3.63, 3.8) is 0 Å². The van der Waals surface area contributed by atoms with Crippen molar-refractivity contribution in [2.75, 3.05) is 66.1 Å². The molecule has 6 heteroatoms. The molecule has 154 valence electrons. The van der Waals surface area contributed by atoms with E-state index in [1.54, 1.807) is 0 Å². The Labute approximate surface area is 165 Å². The SMILES string of the molecule is CN=C(NCC1(N2CCCC2)CCOCC1)N1CCC(N2CCCCC2)C1. The summed E-state index contributed by atoms with van der Waals surface area (Å²) in [7, 11) is 1.95. The first-order valence-electron chi connectivity index (χ1n) is 11.3. The van der Waals surface area contributed by atoms with E-state index >= 15 is 0 Å². The number of likely N-dealkylation sites (tertiary alicyclic amines) is 3. The summed E-state index contributed by atoms with van der Waals surface area (Å²) in [5.74, 6) is 1.11. The molecule has 1 N–H and O–H groups in total. The lowest BCUT2D eigenvalue weighted by Gasteiger charge is -2.45. The van der Waals surface area contributed by atoms with Crippen molar-refractivity contribution in [3.05, 3.63) is 0 Å². The first-order valence-corrected chi connectivity index (χ1v) is 11.3. The second-order valence-electron chi connectivity index (χ2n) is 8.92. The maximum atomic E-state index is 5.70. The number of ether oxygens (including phenoxy) is 1. The van der Waals surface area contributed by atoms with E-state index in [-0.39, 0.29) is 5.54 Å². The van der Waals surface area contributed by atoms with E-state index in [1.165, 1.54) is 64.7 Å². The van der Waals surface area contributed by atoms with Gasteiger partial charge in [0.15, 0.2) is 5.96 Å². The Balaban J connectivity index is 1.34. The molecule has 0 radical (unpaired) electrons. The summed E-state index contributed by atoms with van der Waals surface area (Å²) < 4.78 is 5.70. The summed E-state index contributed by atoms with van der Waals surface area (Å²) in [5, 5.41) is 3.78. The highest BCUT2D eigenvalue weighted by atomic mass is 16.5. The van der Waals surface area contributed by atoms with Gasteiger partial charge in [-0.25, -0.2) is 0 Å². The van der Waals surface area contributed by atoms with Crippen molar-refractivity contribution in [1.82, 2.24) is 20.0 Å². The lowest BCUT2D eigenvalue weighted by Crippen LogP contribution is -2.59. The Hall–Kier alpha value is -0.850. The fourth-order valence-corrected chi connectivity index (χ4v) is 5.64. The topological polar surface area (TPSA) is 43.3 Å². The summed E-state index contributed by atoms with van der Waals surface area (Å²) in [6.45, 7) is 10.2. The number of piperidine rings is 1. The monoisotopic (exact) mass is 377 g/mol. The quantitative estimate of drug-likeness (QED) is 0.597. The van der Waals surface area contributed by atoms with Crippen molar-refractivity contribution < 1.29 is 4.74 Å². The minimum Gasteiger partial charge on any atom is -0.381 e. The average molecular weight is 378 g/mol. The van der Waals surface area contributed by atoms with Crippen LogP contribution in [-0.2, 0) is 4.74 Å². The van der Waals surface area contributed by atoms with Gasteiger partial charge < -0.3 is 15.0 Å². The predicted molar refractivity (Wildman–Crippen MR) is 110 cm³/mol. The van der Waals surface area contributed by atoms with Crippen LogP contribution in [0.1, 0.15) is 51.4 Å². The molecule has 1 atom stereocenters. The molecular weight excluding hydrogens is 338 g/mol.